The van der Waals surface area contributed by atoms with Crippen molar-refractivity contribution in [2.24, 2.45) is 5.41 Å². The summed E-state index contributed by atoms with van der Waals surface area (Å²) in [5.74, 6) is 2.35. The van der Waals surface area contributed by atoms with Crippen LogP contribution < -0.4 is 0 Å². The number of fused-ring (bicyclic) bond motifs is 1. The van der Waals surface area contributed by atoms with Crippen LogP contribution in [0.15, 0.2) is 0 Å². The largest absolute Gasteiger partial charge is 0.384 e. The van der Waals surface area contributed by atoms with Gasteiger partial charge in [0.05, 0.1) is 12.4 Å². The molecule has 0 aromatic carbocycles. The lowest BCUT2D eigenvalue weighted by atomic mass is 9.73. The summed E-state index contributed by atoms with van der Waals surface area (Å²) >= 11 is 0. The topological polar surface area (TPSA) is 77.3 Å². The number of ether oxygens (including phenoxy) is 1. The van der Waals surface area contributed by atoms with Crippen molar-refractivity contribution in [1.29, 1.82) is 0 Å². The van der Waals surface area contributed by atoms with E-state index in [2.05, 4.69) is 14.8 Å². The Balaban J connectivity index is 1.64. The van der Waals surface area contributed by atoms with Gasteiger partial charge in [-0.1, -0.05) is 6.92 Å². The maximum atomic E-state index is 12.3. The van der Waals surface area contributed by atoms with Gasteiger partial charge in [0, 0.05) is 39.6 Å². The minimum Gasteiger partial charge on any atom is -0.384 e. The van der Waals surface area contributed by atoms with E-state index < -0.39 is 10.0 Å². The second kappa shape index (κ2) is 7.72. The molecule has 2 aliphatic heterocycles. The first-order valence-electron chi connectivity index (χ1n) is 9.37. The summed E-state index contributed by atoms with van der Waals surface area (Å²) in [5, 5.41) is 8.70. The molecule has 3 rings (SSSR count). The van der Waals surface area contributed by atoms with Crippen molar-refractivity contribution in [3.8, 4) is 0 Å². The summed E-state index contributed by atoms with van der Waals surface area (Å²) in [4.78, 5) is 0. The zero-order valence-electron chi connectivity index (χ0n) is 15.4. The van der Waals surface area contributed by atoms with Gasteiger partial charge in [-0.2, -0.15) is 0 Å². The first kappa shape index (κ1) is 18.8. The maximum Gasteiger partial charge on any atom is 0.214 e. The predicted octanol–water partition coefficient (Wildman–Crippen LogP) is 1.63. The van der Waals surface area contributed by atoms with Crippen LogP contribution >= 0.6 is 0 Å². The van der Waals surface area contributed by atoms with Crippen molar-refractivity contribution in [3.63, 3.8) is 0 Å². The molecule has 0 amide bonds. The van der Waals surface area contributed by atoms with Gasteiger partial charge in [-0.3, -0.25) is 0 Å². The highest BCUT2D eigenvalue weighted by Crippen LogP contribution is 2.42. The molecule has 2 aliphatic rings. The Morgan fingerprint density at radius 3 is 2.52 bits per heavy atom. The van der Waals surface area contributed by atoms with Gasteiger partial charge >= 0.3 is 0 Å². The average molecular weight is 371 g/mol. The lowest BCUT2D eigenvalue weighted by Crippen LogP contribution is -2.44. The second-order valence-electron chi connectivity index (χ2n) is 7.39. The van der Waals surface area contributed by atoms with Crippen molar-refractivity contribution < 1.29 is 13.2 Å². The molecule has 8 heteroatoms. The quantitative estimate of drug-likeness (QED) is 0.760. The van der Waals surface area contributed by atoms with Crippen molar-refractivity contribution in [2.75, 3.05) is 32.6 Å². The minimum atomic E-state index is -3.07. The summed E-state index contributed by atoms with van der Waals surface area (Å²) in [6.07, 6.45) is 6.49. The van der Waals surface area contributed by atoms with E-state index in [-0.39, 0.29) is 11.2 Å². The predicted molar refractivity (Wildman–Crippen MR) is 95.9 cm³/mol. The number of rotatable bonds is 6. The second-order valence-corrected chi connectivity index (χ2v) is 9.48. The number of aromatic nitrogens is 3. The average Bonchev–Trinajstić information content (AvgIpc) is 2.90. The number of piperidine rings is 1. The third-order valence-electron chi connectivity index (χ3n) is 5.82. The van der Waals surface area contributed by atoms with Gasteiger partial charge in [-0.25, -0.2) is 12.7 Å². The van der Waals surface area contributed by atoms with Crippen molar-refractivity contribution >= 4 is 10.0 Å². The molecule has 0 bridgehead atoms. The summed E-state index contributed by atoms with van der Waals surface area (Å²) in [7, 11) is -1.36. The molecule has 7 nitrogen and oxygen atoms in total. The normalized spacial score (nSPS) is 21.2. The van der Waals surface area contributed by atoms with Crippen LogP contribution in [0.5, 0.6) is 0 Å². The van der Waals surface area contributed by atoms with Crippen LogP contribution in [0.1, 0.15) is 50.7 Å². The standard InChI is InChI=1S/C17H30N4O3S/c1-3-14-25(22,23)20-10-7-17(8-11-20)6-4-15-18-19-16(5-13-24-2)21(15)12-9-17/h3-14H2,1-2H3. The fourth-order valence-corrected chi connectivity index (χ4v) is 5.68. The first-order chi connectivity index (χ1) is 12.0. The van der Waals surface area contributed by atoms with Crippen molar-refractivity contribution in [1.82, 2.24) is 19.1 Å². The van der Waals surface area contributed by atoms with E-state index in [9.17, 15) is 8.42 Å². The molecule has 1 aromatic rings. The number of sulfonamides is 1. The number of methoxy groups -OCH3 is 1. The summed E-state index contributed by atoms with van der Waals surface area (Å²) in [6.45, 7) is 4.85. The molecule has 1 fully saturated rings. The summed E-state index contributed by atoms with van der Waals surface area (Å²) < 4.78 is 33.7. The fourth-order valence-electron chi connectivity index (χ4n) is 4.17. The Hall–Kier alpha value is -0.990. The van der Waals surface area contributed by atoms with Gasteiger partial charge in [-0.05, 0) is 37.5 Å². The van der Waals surface area contributed by atoms with E-state index >= 15 is 0 Å². The molecule has 1 aromatic heterocycles. The van der Waals surface area contributed by atoms with Crippen LogP contribution in [0.3, 0.4) is 0 Å². The number of hydrogen-bond donors (Lipinski definition) is 0. The first-order valence-corrected chi connectivity index (χ1v) is 11.0. The highest BCUT2D eigenvalue weighted by molar-refractivity contribution is 7.89. The van der Waals surface area contributed by atoms with Crippen LogP contribution in [0, 0.1) is 5.41 Å². The Bertz CT molecular complexity index is 678. The van der Waals surface area contributed by atoms with Gasteiger partial charge in [0.25, 0.3) is 0 Å². The molecular weight excluding hydrogens is 340 g/mol. The number of aryl methyl sites for hydroxylation is 1. The number of hydrogen-bond acceptors (Lipinski definition) is 5. The Morgan fingerprint density at radius 2 is 1.84 bits per heavy atom. The zero-order valence-corrected chi connectivity index (χ0v) is 16.2. The molecule has 1 saturated heterocycles. The van der Waals surface area contributed by atoms with Gasteiger partial charge in [0.2, 0.25) is 10.0 Å². The van der Waals surface area contributed by atoms with Gasteiger partial charge < -0.3 is 9.30 Å². The lowest BCUT2D eigenvalue weighted by Gasteiger charge is -2.40. The molecule has 0 N–H and O–H groups in total. The molecule has 0 unspecified atom stereocenters. The van der Waals surface area contributed by atoms with E-state index in [4.69, 9.17) is 4.74 Å². The molecule has 0 saturated carbocycles. The van der Waals surface area contributed by atoms with Crippen molar-refractivity contribution in [3.05, 3.63) is 11.6 Å². The van der Waals surface area contributed by atoms with Crippen molar-refractivity contribution in [2.45, 2.75) is 58.4 Å². The number of nitrogens with zero attached hydrogens (tertiary/aromatic N) is 4. The molecule has 25 heavy (non-hydrogen) atoms. The fraction of sp³-hybridized carbons (Fsp3) is 0.882. The van der Waals surface area contributed by atoms with Gasteiger partial charge in [-0.15, -0.1) is 10.2 Å². The van der Waals surface area contributed by atoms with E-state index in [1.165, 1.54) is 0 Å². The highest BCUT2D eigenvalue weighted by atomic mass is 32.2. The van der Waals surface area contributed by atoms with E-state index in [0.717, 1.165) is 56.7 Å². The molecular formula is C17H30N4O3S. The molecule has 0 atom stereocenters. The van der Waals surface area contributed by atoms with Crippen LogP contribution in [0.4, 0.5) is 0 Å². The molecule has 1 spiro atoms. The third kappa shape index (κ3) is 4.06. The van der Waals surface area contributed by atoms with E-state index in [1.807, 2.05) is 6.92 Å². The van der Waals surface area contributed by atoms with Crippen LogP contribution in [-0.2, 0) is 34.1 Å². The van der Waals surface area contributed by atoms with Crippen LogP contribution in [-0.4, -0.2) is 60.0 Å². The lowest BCUT2D eigenvalue weighted by molar-refractivity contribution is 0.129. The highest BCUT2D eigenvalue weighted by Gasteiger charge is 2.39. The Labute approximate surface area is 150 Å². The molecule has 3 heterocycles. The Morgan fingerprint density at radius 1 is 1.12 bits per heavy atom. The summed E-state index contributed by atoms with van der Waals surface area (Å²) in [5.41, 5.74) is 0.247. The minimum absolute atomic E-state index is 0.247. The van der Waals surface area contributed by atoms with Gasteiger partial charge in [0.1, 0.15) is 11.6 Å². The SMILES string of the molecule is CCCS(=O)(=O)N1CCC2(CCc3nnc(CCOC)n3CC2)CC1. The Kier molecular flexibility index (Phi) is 5.80. The zero-order chi connectivity index (χ0) is 17.9. The van der Waals surface area contributed by atoms with E-state index in [1.54, 1.807) is 11.4 Å². The van der Waals surface area contributed by atoms with Gasteiger partial charge in [0.15, 0.2) is 0 Å². The maximum absolute atomic E-state index is 12.3. The smallest absolute Gasteiger partial charge is 0.214 e. The molecule has 0 aliphatic carbocycles. The third-order valence-corrected chi connectivity index (χ3v) is 7.89. The van der Waals surface area contributed by atoms with E-state index in [0.29, 0.717) is 26.1 Å². The van der Waals surface area contributed by atoms with Crippen LogP contribution in [0.25, 0.3) is 0 Å². The molecule has 0 radical (unpaired) electrons. The monoisotopic (exact) mass is 370 g/mol. The van der Waals surface area contributed by atoms with Crippen LogP contribution in [0.2, 0.25) is 0 Å². The molecule has 142 valence electrons. The summed E-state index contributed by atoms with van der Waals surface area (Å²) in [6, 6.07) is 0.